The molecule has 7 aliphatic rings. The Morgan fingerprint density at radius 1 is 0.924 bits per heavy atom. The largest absolute Gasteiger partial charge is 0.486 e. The van der Waals surface area contributed by atoms with Crippen molar-refractivity contribution in [3.63, 3.8) is 0 Å². The molecule has 0 spiro atoms. The number of likely N-dealkylation sites (tertiary alicyclic amines) is 1. The van der Waals surface area contributed by atoms with E-state index in [9.17, 15) is 28.4 Å². The predicted molar refractivity (Wildman–Crippen MR) is 240 cm³/mol. The second-order valence-corrected chi connectivity index (χ2v) is 18.3. The van der Waals surface area contributed by atoms with E-state index in [0.29, 0.717) is 78.2 Å². The number of aromatic nitrogens is 2. The maximum absolute atomic E-state index is 15.8. The number of imide groups is 2. The van der Waals surface area contributed by atoms with Crippen LogP contribution in [0.4, 0.5) is 31.7 Å². The number of fused-ring (bicyclic) bond motifs is 5. The smallest absolute Gasteiger partial charge is 0.262 e. The van der Waals surface area contributed by atoms with Gasteiger partial charge in [0.25, 0.3) is 11.8 Å². The molecule has 19 heteroatoms. The van der Waals surface area contributed by atoms with E-state index in [1.54, 1.807) is 18.2 Å². The van der Waals surface area contributed by atoms with Crippen LogP contribution in [0.1, 0.15) is 65.7 Å². The highest BCUT2D eigenvalue weighted by molar-refractivity contribution is 6.31. The Morgan fingerprint density at radius 2 is 1.73 bits per heavy atom. The minimum Gasteiger partial charge on any atom is -0.486 e. The van der Waals surface area contributed by atoms with Crippen LogP contribution >= 0.6 is 11.6 Å². The number of benzene rings is 3. The SMILES string of the molecule is O=C(/C=C/CN1CCC(CN2CC3CCC2CN3c2cc3c(cc2F)C(=O)N(C2CCC(=O)NC2=O)C3=O)CC1)Nc1cc2c(Nc3ccc(F)c(Cl)c3)ncnc2cc1OC1CCOC1. The van der Waals surface area contributed by atoms with Crippen LogP contribution < -0.4 is 25.6 Å². The number of rotatable bonds is 12. The van der Waals surface area contributed by atoms with E-state index in [0.717, 1.165) is 62.8 Å². The lowest BCUT2D eigenvalue weighted by Gasteiger charge is -2.53. The van der Waals surface area contributed by atoms with Gasteiger partial charge in [-0.1, -0.05) is 17.7 Å². The molecule has 4 unspecified atom stereocenters. The highest BCUT2D eigenvalue weighted by Crippen LogP contribution is 2.39. The molecule has 6 fully saturated rings. The molecule has 6 saturated heterocycles. The second-order valence-electron chi connectivity index (χ2n) is 17.9. The van der Waals surface area contributed by atoms with E-state index in [2.05, 4.69) is 35.7 Å². The van der Waals surface area contributed by atoms with E-state index in [1.807, 2.05) is 11.0 Å². The van der Waals surface area contributed by atoms with Crippen molar-refractivity contribution in [1.29, 1.82) is 0 Å². The molecular weight excluding hydrogens is 876 g/mol. The Morgan fingerprint density at radius 3 is 2.47 bits per heavy atom. The van der Waals surface area contributed by atoms with Crippen molar-refractivity contribution in [2.24, 2.45) is 5.92 Å². The Labute approximate surface area is 383 Å². The van der Waals surface area contributed by atoms with Gasteiger partial charge in [0, 0.05) is 74.3 Å². The van der Waals surface area contributed by atoms with Gasteiger partial charge in [-0.2, -0.15) is 0 Å². The number of amides is 5. The number of anilines is 4. The highest BCUT2D eigenvalue weighted by atomic mass is 35.5. The monoisotopic (exact) mass is 923 g/mol. The summed E-state index contributed by atoms with van der Waals surface area (Å²) in [6.45, 7) is 5.70. The van der Waals surface area contributed by atoms with Crippen LogP contribution in [0.3, 0.4) is 0 Å². The lowest BCUT2D eigenvalue weighted by Crippen LogP contribution is -2.63. The molecule has 3 N–H and O–H groups in total. The quantitative estimate of drug-likeness (QED) is 0.121. The van der Waals surface area contributed by atoms with Crippen LogP contribution in [0.15, 0.2) is 60.9 Å². The van der Waals surface area contributed by atoms with Crippen LogP contribution in [0.2, 0.25) is 5.02 Å². The summed E-state index contributed by atoms with van der Waals surface area (Å²) in [4.78, 5) is 81.0. The maximum Gasteiger partial charge on any atom is 0.262 e. The number of carbonyl (C=O) groups is 5. The van der Waals surface area contributed by atoms with Gasteiger partial charge in [0.05, 0.1) is 46.3 Å². The molecule has 66 heavy (non-hydrogen) atoms. The van der Waals surface area contributed by atoms with Gasteiger partial charge in [0.15, 0.2) is 0 Å². The fourth-order valence-electron chi connectivity index (χ4n) is 10.2. The van der Waals surface area contributed by atoms with Crippen LogP contribution in [0.5, 0.6) is 5.75 Å². The summed E-state index contributed by atoms with van der Waals surface area (Å²) in [6.07, 6.45) is 9.26. The highest BCUT2D eigenvalue weighted by Gasteiger charge is 2.47. The number of halogens is 3. The Balaban J connectivity index is 0.732. The summed E-state index contributed by atoms with van der Waals surface area (Å²) >= 11 is 6.02. The average Bonchev–Trinajstić information content (AvgIpc) is 3.90. The van der Waals surface area contributed by atoms with Crippen LogP contribution in [0, 0.1) is 17.6 Å². The summed E-state index contributed by atoms with van der Waals surface area (Å²) in [7, 11) is 0. The van der Waals surface area contributed by atoms with Gasteiger partial charge < -0.3 is 25.0 Å². The molecule has 4 atom stereocenters. The molecule has 1 aromatic heterocycles. The van der Waals surface area contributed by atoms with E-state index in [1.165, 1.54) is 30.6 Å². The first-order valence-electron chi connectivity index (χ1n) is 22.5. The topological polar surface area (TPSA) is 179 Å². The zero-order valence-electron chi connectivity index (χ0n) is 35.9. The second kappa shape index (κ2) is 18.3. The lowest BCUT2D eigenvalue weighted by molar-refractivity contribution is -0.136. The predicted octanol–water partition coefficient (Wildman–Crippen LogP) is 5.43. The van der Waals surface area contributed by atoms with Crippen molar-refractivity contribution in [3.8, 4) is 5.75 Å². The third kappa shape index (κ3) is 8.81. The van der Waals surface area contributed by atoms with Crippen molar-refractivity contribution >= 4 is 74.9 Å². The number of nitrogens with zero attached hydrogens (tertiary/aromatic N) is 6. The molecule has 0 aliphatic carbocycles. The molecule has 7 aliphatic heterocycles. The van der Waals surface area contributed by atoms with Gasteiger partial charge in [-0.25, -0.2) is 18.7 Å². The first-order valence-corrected chi connectivity index (χ1v) is 22.8. The third-order valence-corrected chi connectivity index (χ3v) is 13.9. The summed E-state index contributed by atoms with van der Waals surface area (Å²) in [5.41, 5.74) is 1.86. The molecule has 11 rings (SSSR count). The van der Waals surface area contributed by atoms with Gasteiger partial charge in [0.1, 0.15) is 41.7 Å². The number of ether oxygens (including phenoxy) is 2. The van der Waals surface area contributed by atoms with Gasteiger partial charge in [-0.15, -0.1) is 0 Å². The Kier molecular flexibility index (Phi) is 12.1. The number of piperidine rings is 4. The standard InChI is InChI=1S/C47H48ClF2N9O7/c48-34-16-27(3-6-35(34)49)53-44-33-18-38(41(20-37(33)51-25-52-44)66-30-11-15-65-24-30)54-42(60)2-1-12-56-13-9-26(10-14-56)21-57-22-29-5-4-28(57)23-58(29)40-19-32-31(17-36(40)50)46(63)59(47(32)64)39-7-8-43(61)55-45(39)62/h1-3,6,16-20,25-26,28-30,39H,4-5,7-15,21-24H2,(H,54,60)(H,51,52,53)(H,55,61,62)/b2-1+. The first-order chi connectivity index (χ1) is 31.9. The van der Waals surface area contributed by atoms with Gasteiger partial charge in [-0.3, -0.25) is 44.0 Å². The minimum absolute atomic E-state index is 0.00899. The molecule has 4 aromatic rings. The van der Waals surface area contributed by atoms with Crippen molar-refractivity contribution < 1.29 is 42.2 Å². The van der Waals surface area contributed by atoms with Crippen LogP contribution in [-0.4, -0.2) is 131 Å². The molecule has 5 amide bonds. The fraction of sp³-hybridized carbons (Fsp3) is 0.426. The summed E-state index contributed by atoms with van der Waals surface area (Å²) in [5, 5.41) is 8.93. The van der Waals surface area contributed by atoms with Crippen molar-refractivity contribution in [2.75, 3.05) is 68.0 Å². The number of piperazine rings is 1. The fourth-order valence-corrected chi connectivity index (χ4v) is 10.4. The normalized spacial score (nSPS) is 23.9. The minimum atomic E-state index is -1.11. The lowest BCUT2D eigenvalue weighted by atomic mass is 9.87. The summed E-state index contributed by atoms with van der Waals surface area (Å²) < 4.78 is 41.5. The number of nitrogens with one attached hydrogen (secondary N) is 3. The number of hydrogen-bond donors (Lipinski definition) is 3. The molecular formula is C47H48ClF2N9O7. The van der Waals surface area contributed by atoms with E-state index in [-0.39, 0.29) is 53.1 Å². The van der Waals surface area contributed by atoms with Crippen LogP contribution in [-0.2, 0) is 19.1 Å². The Bertz CT molecular complexity index is 2660. The molecule has 344 valence electrons. The first kappa shape index (κ1) is 43.8. The summed E-state index contributed by atoms with van der Waals surface area (Å²) in [6, 6.07) is 9.53. The van der Waals surface area contributed by atoms with Crippen molar-refractivity contribution in [1.82, 2.24) is 30.0 Å². The van der Waals surface area contributed by atoms with E-state index in [4.69, 9.17) is 21.1 Å². The van der Waals surface area contributed by atoms with Gasteiger partial charge in [-0.05, 0) is 87.5 Å². The van der Waals surface area contributed by atoms with Crippen molar-refractivity contribution in [2.45, 2.75) is 69.2 Å². The van der Waals surface area contributed by atoms with Crippen molar-refractivity contribution in [3.05, 3.63) is 88.7 Å². The molecule has 8 heterocycles. The number of carbonyl (C=O) groups excluding carboxylic acids is 5. The maximum atomic E-state index is 15.8. The zero-order valence-corrected chi connectivity index (χ0v) is 36.7. The molecule has 0 saturated carbocycles. The zero-order chi connectivity index (χ0) is 45.6. The van der Waals surface area contributed by atoms with E-state index < -0.39 is 41.3 Å². The van der Waals surface area contributed by atoms with Gasteiger partial charge >= 0.3 is 0 Å². The van der Waals surface area contributed by atoms with Crippen LogP contribution in [0.25, 0.3) is 10.9 Å². The van der Waals surface area contributed by atoms with Gasteiger partial charge in [0.2, 0.25) is 17.7 Å². The molecule has 2 bridgehead atoms. The summed E-state index contributed by atoms with van der Waals surface area (Å²) in [5.74, 6) is -2.58. The third-order valence-electron chi connectivity index (χ3n) is 13.7. The number of hydrogen-bond acceptors (Lipinski definition) is 13. The average molecular weight is 924 g/mol. The van der Waals surface area contributed by atoms with E-state index >= 15 is 4.39 Å². The molecule has 3 aromatic carbocycles. The molecule has 0 radical (unpaired) electrons. The Hall–Kier alpha value is -6.08. The molecule has 16 nitrogen and oxygen atoms in total.